The largest absolute Gasteiger partial charge is 0.451 e. The van der Waals surface area contributed by atoms with Gasteiger partial charge in [0, 0.05) is 44.0 Å². The molecule has 0 atom stereocenters. The average molecular weight is 426 g/mol. The molecule has 0 radical (unpaired) electrons. The van der Waals surface area contributed by atoms with Gasteiger partial charge in [-0.1, -0.05) is 26.0 Å². The summed E-state index contributed by atoms with van der Waals surface area (Å²) in [7, 11) is 0. The third-order valence-electron chi connectivity index (χ3n) is 7.26. The van der Waals surface area contributed by atoms with Gasteiger partial charge in [0.2, 0.25) is 0 Å². The summed E-state index contributed by atoms with van der Waals surface area (Å²) in [4.78, 5) is 30.4. The molecule has 1 saturated heterocycles. The summed E-state index contributed by atoms with van der Waals surface area (Å²) in [5.41, 5.74) is 2.24. The Bertz CT molecular complexity index is 845. The molecule has 31 heavy (non-hydrogen) atoms. The number of carbonyl (C=O) groups is 2. The van der Waals surface area contributed by atoms with Gasteiger partial charge in [-0.3, -0.25) is 9.69 Å². The number of ether oxygens (including phenoxy) is 1. The summed E-state index contributed by atoms with van der Waals surface area (Å²) in [6, 6.07) is 8.08. The van der Waals surface area contributed by atoms with E-state index in [9.17, 15) is 9.59 Å². The maximum absolute atomic E-state index is 13.2. The number of amides is 1. The van der Waals surface area contributed by atoms with Crippen LogP contribution in [0.5, 0.6) is 0 Å². The molecular formula is C25H35N3O3. The van der Waals surface area contributed by atoms with Crippen molar-refractivity contribution < 1.29 is 14.3 Å². The van der Waals surface area contributed by atoms with Crippen molar-refractivity contribution in [2.45, 2.75) is 58.6 Å². The van der Waals surface area contributed by atoms with E-state index in [1.165, 1.54) is 5.56 Å². The topological polar surface area (TPSA) is 61.9 Å². The van der Waals surface area contributed by atoms with Crippen molar-refractivity contribution in [3.63, 3.8) is 0 Å². The summed E-state index contributed by atoms with van der Waals surface area (Å²) >= 11 is 0. The molecule has 168 valence electrons. The lowest BCUT2D eigenvalue weighted by Gasteiger charge is -2.36. The molecular weight excluding hydrogens is 390 g/mol. The van der Waals surface area contributed by atoms with Crippen LogP contribution in [0.1, 0.15) is 52.0 Å². The van der Waals surface area contributed by atoms with Crippen molar-refractivity contribution in [3.8, 4) is 0 Å². The highest BCUT2D eigenvalue weighted by atomic mass is 16.6. The van der Waals surface area contributed by atoms with Crippen LogP contribution in [0.4, 0.5) is 5.69 Å². The fraction of sp³-hybridized carbons (Fsp3) is 0.600. The number of carbonyl (C=O) groups excluding carboxylic acids is 2. The Balaban J connectivity index is 1.39. The highest BCUT2D eigenvalue weighted by Gasteiger charge is 2.50. The molecule has 1 amide bonds. The molecule has 0 bridgehead atoms. The van der Waals surface area contributed by atoms with E-state index in [2.05, 4.69) is 41.1 Å². The Morgan fingerprint density at radius 3 is 2.32 bits per heavy atom. The van der Waals surface area contributed by atoms with Crippen molar-refractivity contribution in [1.82, 2.24) is 9.80 Å². The average Bonchev–Trinajstić information content (AvgIpc) is 3.02. The second-order valence-electron chi connectivity index (χ2n) is 9.43. The van der Waals surface area contributed by atoms with Gasteiger partial charge in [0.05, 0.1) is 5.57 Å². The monoisotopic (exact) mass is 425 g/mol. The zero-order chi connectivity index (χ0) is 22.0. The zero-order valence-corrected chi connectivity index (χ0v) is 19.1. The van der Waals surface area contributed by atoms with Crippen molar-refractivity contribution in [2.24, 2.45) is 5.92 Å². The number of nitrogens with zero attached hydrogens (tertiary/aromatic N) is 2. The van der Waals surface area contributed by atoms with Gasteiger partial charge in [-0.15, -0.1) is 0 Å². The van der Waals surface area contributed by atoms with Crippen molar-refractivity contribution in [2.75, 3.05) is 38.0 Å². The van der Waals surface area contributed by atoms with E-state index < -0.39 is 5.60 Å². The summed E-state index contributed by atoms with van der Waals surface area (Å²) in [6.45, 7) is 12.6. The van der Waals surface area contributed by atoms with Crippen LogP contribution >= 0.6 is 0 Å². The molecule has 1 aliphatic carbocycles. The molecule has 2 heterocycles. The van der Waals surface area contributed by atoms with Gasteiger partial charge in [0.1, 0.15) is 5.60 Å². The summed E-state index contributed by atoms with van der Waals surface area (Å²) in [5.74, 6) is 0.0478. The Morgan fingerprint density at radius 2 is 1.71 bits per heavy atom. The third-order valence-corrected chi connectivity index (χ3v) is 7.26. The molecule has 6 heteroatoms. The summed E-state index contributed by atoms with van der Waals surface area (Å²) in [6.07, 6.45) is 3.39. The highest BCUT2D eigenvalue weighted by Crippen LogP contribution is 2.45. The first-order valence-corrected chi connectivity index (χ1v) is 11.7. The number of nitrogens with one attached hydrogen (secondary N) is 1. The lowest BCUT2D eigenvalue weighted by atomic mass is 9.75. The van der Waals surface area contributed by atoms with Crippen LogP contribution in [-0.4, -0.2) is 60.0 Å². The van der Waals surface area contributed by atoms with Gasteiger partial charge < -0.3 is 15.0 Å². The zero-order valence-electron chi connectivity index (χ0n) is 19.1. The number of piperazine rings is 1. The number of likely N-dealkylation sites (N-methyl/N-ethyl adjacent to an activating group) is 1. The number of hydrogen-bond donors (Lipinski definition) is 1. The van der Waals surface area contributed by atoms with E-state index in [4.69, 9.17) is 4.74 Å². The minimum atomic E-state index is -0.738. The fourth-order valence-electron chi connectivity index (χ4n) is 5.12. The number of esters is 1. The maximum Gasteiger partial charge on any atom is 0.335 e. The second kappa shape index (κ2) is 9.13. The Labute approximate surface area is 185 Å². The van der Waals surface area contributed by atoms with Gasteiger partial charge in [-0.05, 0) is 62.8 Å². The minimum absolute atomic E-state index is 0.207. The Morgan fingerprint density at radius 1 is 1.10 bits per heavy atom. The van der Waals surface area contributed by atoms with E-state index in [0.29, 0.717) is 17.1 Å². The first-order chi connectivity index (χ1) is 14.9. The number of rotatable bonds is 5. The quantitative estimate of drug-likeness (QED) is 0.731. The van der Waals surface area contributed by atoms with Gasteiger partial charge in [-0.2, -0.15) is 0 Å². The summed E-state index contributed by atoms with van der Waals surface area (Å²) in [5, 5.41) is 3.01. The van der Waals surface area contributed by atoms with E-state index in [1.807, 2.05) is 12.1 Å². The lowest BCUT2D eigenvalue weighted by molar-refractivity contribution is -0.150. The van der Waals surface area contributed by atoms with Crippen LogP contribution in [0.2, 0.25) is 0 Å². The van der Waals surface area contributed by atoms with Crippen molar-refractivity contribution in [3.05, 3.63) is 41.0 Å². The normalized spacial score (nSPS) is 27.6. The summed E-state index contributed by atoms with van der Waals surface area (Å²) < 4.78 is 5.76. The molecule has 3 aliphatic rings. The van der Waals surface area contributed by atoms with Gasteiger partial charge in [-0.25, -0.2) is 4.79 Å². The fourth-order valence-corrected chi connectivity index (χ4v) is 5.12. The van der Waals surface area contributed by atoms with Crippen LogP contribution in [0.15, 0.2) is 35.4 Å². The number of anilines is 1. The Hall–Kier alpha value is -2.18. The van der Waals surface area contributed by atoms with Gasteiger partial charge >= 0.3 is 5.97 Å². The highest BCUT2D eigenvalue weighted by molar-refractivity contribution is 6.12. The molecule has 2 fully saturated rings. The van der Waals surface area contributed by atoms with E-state index >= 15 is 0 Å². The van der Waals surface area contributed by atoms with Crippen molar-refractivity contribution >= 4 is 17.6 Å². The van der Waals surface area contributed by atoms with Crippen LogP contribution in [0.3, 0.4) is 0 Å². The number of benzene rings is 1. The molecule has 1 aromatic rings. The molecule has 1 aromatic carbocycles. The van der Waals surface area contributed by atoms with Gasteiger partial charge in [0.15, 0.2) is 0 Å². The van der Waals surface area contributed by atoms with Crippen molar-refractivity contribution in [1.29, 1.82) is 0 Å². The molecule has 0 unspecified atom stereocenters. The molecule has 0 aromatic heterocycles. The van der Waals surface area contributed by atoms with E-state index in [-0.39, 0.29) is 11.9 Å². The number of hydrogen-bond acceptors (Lipinski definition) is 5. The molecule has 1 N–H and O–H groups in total. The Kier molecular flexibility index (Phi) is 6.49. The molecule has 1 spiro atoms. The smallest absolute Gasteiger partial charge is 0.335 e. The van der Waals surface area contributed by atoms with Crippen LogP contribution in [0.25, 0.3) is 0 Å². The lowest BCUT2D eigenvalue weighted by Crippen LogP contribution is -2.45. The van der Waals surface area contributed by atoms with Crippen LogP contribution in [0, 0.1) is 5.92 Å². The molecule has 6 nitrogen and oxygen atoms in total. The standard InChI is InChI=1S/C25H35N3O3/c1-4-27-13-15-28(16-14-27)17-20-5-7-21(8-6-20)26-23(29)22-19(3)24(30)31-25(22)11-9-18(2)10-12-25/h5-8,18H,4,9-17H2,1-3H3,(H,26,29). The third kappa shape index (κ3) is 4.70. The molecule has 4 rings (SSSR count). The SMILES string of the molecule is CCN1CCN(Cc2ccc(NC(=O)C3=C(C)C(=O)OC34CCC(C)CC4)cc2)CC1. The van der Waals surface area contributed by atoms with E-state index in [1.54, 1.807) is 6.92 Å². The minimum Gasteiger partial charge on any atom is -0.451 e. The molecule has 1 saturated carbocycles. The van der Waals surface area contributed by atoms with Crippen LogP contribution < -0.4 is 5.32 Å². The second-order valence-corrected chi connectivity index (χ2v) is 9.43. The van der Waals surface area contributed by atoms with Gasteiger partial charge in [0.25, 0.3) is 5.91 Å². The maximum atomic E-state index is 13.2. The first-order valence-electron chi connectivity index (χ1n) is 11.7. The first kappa shape index (κ1) is 22.0. The van der Waals surface area contributed by atoms with E-state index in [0.717, 1.165) is 70.6 Å². The molecule has 2 aliphatic heterocycles. The predicted molar refractivity (Wildman–Crippen MR) is 122 cm³/mol. The van der Waals surface area contributed by atoms with Crippen LogP contribution in [-0.2, 0) is 20.9 Å². The predicted octanol–water partition coefficient (Wildman–Crippen LogP) is 3.58.